The van der Waals surface area contributed by atoms with Gasteiger partial charge in [-0.25, -0.2) is 13.1 Å². The van der Waals surface area contributed by atoms with Crippen molar-refractivity contribution in [3.8, 4) is 0 Å². The molecule has 1 fully saturated rings. The summed E-state index contributed by atoms with van der Waals surface area (Å²) < 4.78 is 32.6. The normalized spacial score (nSPS) is 23.1. The van der Waals surface area contributed by atoms with Crippen molar-refractivity contribution in [2.45, 2.75) is 42.8 Å². The van der Waals surface area contributed by atoms with Crippen LogP contribution in [0.4, 0.5) is 0 Å². The van der Waals surface area contributed by atoms with Crippen molar-refractivity contribution in [1.82, 2.24) is 4.72 Å². The molecular weight excluding hydrogens is 300 g/mol. The van der Waals surface area contributed by atoms with E-state index in [0.717, 1.165) is 18.4 Å². The standard InChI is InChI=1S/C13H19ClN2O3S/c1-19-11-4-3-10(7-11)16-20(17,18)13-5-2-9(8-15)6-12(13)14/h2,5-6,10-11,16H,3-4,7-8,15H2,1H3. The van der Waals surface area contributed by atoms with Crippen LogP contribution in [0.2, 0.25) is 5.02 Å². The lowest BCUT2D eigenvalue weighted by Gasteiger charge is -2.14. The number of halogens is 1. The summed E-state index contributed by atoms with van der Waals surface area (Å²) in [6, 6.07) is 4.65. The Bertz CT molecular complexity index is 577. The zero-order valence-corrected chi connectivity index (χ0v) is 12.9. The van der Waals surface area contributed by atoms with Gasteiger partial charge in [-0.1, -0.05) is 17.7 Å². The van der Waals surface area contributed by atoms with E-state index in [1.165, 1.54) is 6.07 Å². The van der Waals surface area contributed by atoms with Gasteiger partial charge in [0.05, 0.1) is 11.1 Å². The molecule has 112 valence electrons. The fraction of sp³-hybridized carbons (Fsp3) is 0.538. The van der Waals surface area contributed by atoms with Gasteiger partial charge in [-0.15, -0.1) is 0 Å². The molecule has 2 atom stereocenters. The molecule has 7 heteroatoms. The van der Waals surface area contributed by atoms with Crippen molar-refractivity contribution in [2.75, 3.05) is 7.11 Å². The third-order valence-corrected chi connectivity index (χ3v) is 5.56. The molecule has 1 aromatic carbocycles. The molecule has 0 aliphatic heterocycles. The third-order valence-electron chi connectivity index (χ3n) is 3.56. The summed E-state index contributed by atoms with van der Waals surface area (Å²) in [4.78, 5) is 0.0947. The molecule has 5 nitrogen and oxygen atoms in total. The van der Waals surface area contributed by atoms with Crippen LogP contribution in [0, 0.1) is 0 Å². The summed E-state index contributed by atoms with van der Waals surface area (Å²) in [5.41, 5.74) is 6.30. The molecule has 0 spiro atoms. The summed E-state index contributed by atoms with van der Waals surface area (Å²) in [5, 5.41) is 0.196. The summed E-state index contributed by atoms with van der Waals surface area (Å²) >= 11 is 6.03. The lowest BCUT2D eigenvalue weighted by Crippen LogP contribution is -2.33. The molecule has 1 aliphatic rings. The minimum atomic E-state index is -3.61. The van der Waals surface area contributed by atoms with Gasteiger partial charge < -0.3 is 10.5 Å². The Morgan fingerprint density at radius 3 is 2.75 bits per heavy atom. The highest BCUT2D eigenvalue weighted by molar-refractivity contribution is 7.89. The lowest BCUT2D eigenvalue weighted by molar-refractivity contribution is 0.107. The predicted octanol–water partition coefficient (Wildman–Crippen LogP) is 1.64. The number of nitrogens with two attached hydrogens (primary N) is 1. The molecule has 1 saturated carbocycles. The first kappa shape index (κ1) is 15.7. The van der Waals surface area contributed by atoms with Crippen molar-refractivity contribution in [2.24, 2.45) is 5.73 Å². The summed E-state index contributed by atoms with van der Waals surface area (Å²) in [6.45, 7) is 0.325. The van der Waals surface area contributed by atoms with Crippen LogP contribution in [0.1, 0.15) is 24.8 Å². The zero-order chi connectivity index (χ0) is 14.8. The van der Waals surface area contributed by atoms with E-state index in [9.17, 15) is 8.42 Å². The summed E-state index contributed by atoms with van der Waals surface area (Å²) in [6.07, 6.45) is 2.45. The highest BCUT2D eigenvalue weighted by Gasteiger charge is 2.29. The van der Waals surface area contributed by atoms with E-state index in [2.05, 4.69) is 4.72 Å². The van der Waals surface area contributed by atoms with E-state index >= 15 is 0 Å². The lowest BCUT2D eigenvalue weighted by atomic mass is 10.2. The first-order chi connectivity index (χ1) is 9.46. The molecule has 0 amide bonds. The van der Waals surface area contributed by atoms with Gasteiger partial charge in [0.2, 0.25) is 10.0 Å². The van der Waals surface area contributed by atoms with Gasteiger partial charge in [0.25, 0.3) is 0 Å². The van der Waals surface area contributed by atoms with Crippen molar-refractivity contribution < 1.29 is 13.2 Å². The average Bonchev–Trinajstić information content (AvgIpc) is 2.85. The number of methoxy groups -OCH3 is 1. The minimum absolute atomic E-state index is 0.0947. The van der Waals surface area contributed by atoms with Crippen LogP contribution in [-0.4, -0.2) is 27.7 Å². The van der Waals surface area contributed by atoms with E-state index in [1.807, 2.05) is 0 Å². The molecule has 0 radical (unpaired) electrons. The maximum atomic E-state index is 12.3. The van der Waals surface area contributed by atoms with Gasteiger partial charge in [-0.2, -0.15) is 0 Å². The Labute approximate surface area is 124 Å². The molecule has 1 aromatic rings. The fourth-order valence-electron chi connectivity index (χ4n) is 2.43. The monoisotopic (exact) mass is 318 g/mol. The van der Waals surface area contributed by atoms with Crippen LogP contribution >= 0.6 is 11.6 Å². The van der Waals surface area contributed by atoms with Crippen LogP contribution < -0.4 is 10.5 Å². The van der Waals surface area contributed by atoms with Crippen LogP contribution in [0.25, 0.3) is 0 Å². The maximum absolute atomic E-state index is 12.3. The van der Waals surface area contributed by atoms with E-state index in [4.69, 9.17) is 22.1 Å². The molecule has 0 saturated heterocycles. The van der Waals surface area contributed by atoms with Crippen molar-refractivity contribution in [3.63, 3.8) is 0 Å². The third kappa shape index (κ3) is 3.51. The molecule has 2 rings (SSSR count). The minimum Gasteiger partial charge on any atom is -0.381 e. The topological polar surface area (TPSA) is 81.4 Å². The predicted molar refractivity (Wildman–Crippen MR) is 78.1 cm³/mol. The molecule has 2 unspecified atom stereocenters. The van der Waals surface area contributed by atoms with Crippen molar-refractivity contribution >= 4 is 21.6 Å². The smallest absolute Gasteiger partial charge is 0.242 e. The van der Waals surface area contributed by atoms with Gasteiger partial charge in [0, 0.05) is 19.7 Å². The Balaban J connectivity index is 2.14. The number of sulfonamides is 1. The highest BCUT2D eigenvalue weighted by atomic mass is 35.5. The average molecular weight is 319 g/mol. The Hall–Kier alpha value is -0.660. The van der Waals surface area contributed by atoms with Crippen LogP contribution in [0.5, 0.6) is 0 Å². The van der Waals surface area contributed by atoms with Gasteiger partial charge in [0.1, 0.15) is 4.90 Å². The highest BCUT2D eigenvalue weighted by Crippen LogP contribution is 2.26. The second kappa shape index (κ2) is 6.41. The first-order valence-electron chi connectivity index (χ1n) is 6.50. The Morgan fingerprint density at radius 1 is 1.45 bits per heavy atom. The van der Waals surface area contributed by atoms with Gasteiger partial charge in [-0.3, -0.25) is 0 Å². The van der Waals surface area contributed by atoms with E-state index in [-0.39, 0.29) is 22.1 Å². The summed E-state index contributed by atoms with van der Waals surface area (Å²) in [5.74, 6) is 0. The largest absolute Gasteiger partial charge is 0.381 e. The molecule has 3 N–H and O–H groups in total. The molecule has 0 bridgehead atoms. The second-order valence-corrected chi connectivity index (χ2v) is 7.05. The first-order valence-corrected chi connectivity index (χ1v) is 8.36. The van der Waals surface area contributed by atoms with E-state index in [0.29, 0.717) is 13.0 Å². The van der Waals surface area contributed by atoms with Crippen molar-refractivity contribution in [1.29, 1.82) is 0 Å². The second-order valence-electron chi connectivity index (χ2n) is 4.96. The molecule has 0 aromatic heterocycles. The number of hydrogen-bond acceptors (Lipinski definition) is 4. The van der Waals surface area contributed by atoms with Crippen LogP contribution in [0.15, 0.2) is 23.1 Å². The number of hydrogen-bond donors (Lipinski definition) is 2. The van der Waals surface area contributed by atoms with Crippen LogP contribution in [-0.2, 0) is 21.3 Å². The fourth-order valence-corrected chi connectivity index (χ4v) is 4.28. The van der Waals surface area contributed by atoms with E-state index in [1.54, 1.807) is 19.2 Å². The van der Waals surface area contributed by atoms with Crippen LogP contribution in [0.3, 0.4) is 0 Å². The van der Waals surface area contributed by atoms with Gasteiger partial charge in [0.15, 0.2) is 0 Å². The molecule has 1 aliphatic carbocycles. The van der Waals surface area contributed by atoms with Gasteiger partial charge in [-0.05, 0) is 37.0 Å². The molecule has 20 heavy (non-hydrogen) atoms. The number of nitrogens with one attached hydrogen (secondary N) is 1. The molecular formula is C13H19ClN2O3S. The Morgan fingerprint density at radius 2 is 2.20 bits per heavy atom. The summed E-state index contributed by atoms with van der Waals surface area (Å²) in [7, 11) is -1.97. The zero-order valence-electron chi connectivity index (χ0n) is 11.3. The quantitative estimate of drug-likeness (QED) is 0.865. The number of benzene rings is 1. The van der Waals surface area contributed by atoms with Gasteiger partial charge >= 0.3 is 0 Å². The van der Waals surface area contributed by atoms with E-state index < -0.39 is 10.0 Å². The SMILES string of the molecule is COC1CCC(NS(=O)(=O)c2ccc(CN)cc2Cl)C1. The maximum Gasteiger partial charge on any atom is 0.242 e. The molecule has 0 heterocycles. The Kier molecular flexibility index (Phi) is 5.04. The number of ether oxygens (including phenoxy) is 1. The van der Waals surface area contributed by atoms with Crippen molar-refractivity contribution in [3.05, 3.63) is 28.8 Å². The number of rotatable bonds is 5.